The number of sulfone groups is 1. The van der Waals surface area contributed by atoms with Gasteiger partial charge < -0.3 is 16.0 Å². The lowest BCUT2D eigenvalue weighted by molar-refractivity contribution is 0.571. The van der Waals surface area contributed by atoms with Gasteiger partial charge in [0.15, 0.2) is 20.6 Å². The van der Waals surface area contributed by atoms with Gasteiger partial charge in [0.1, 0.15) is 5.82 Å². The van der Waals surface area contributed by atoms with E-state index < -0.39 is 9.84 Å². The molecule has 1 aliphatic heterocycles. The van der Waals surface area contributed by atoms with Gasteiger partial charge in [0.25, 0.3) is 0 Å². The molecular formula is C11H18N6O2S. The molecule has 1 fully saturated rings. The van der Waals surface area contributed by atoms with Gasteiger partial charge in [-0.25, -0.2) is 13.1 Å². The van der Waals surface area contributed by atoms with Crippen molar-refractivity contribution in [3.8, 4) is 6.07 Å². The molecule has 20 heavy (non-hydrogen) atoms. The third kappa shape index (κ3) is 2.86. The molecule has 1 aromatic heterocycles. The summed E-state index contributed by atoms with van der Waals surface area (Å²) < 4.78 is 25.3. The summed E-state index contributed by atoms with van der Waals surface area (Å²) in [5, 5.41) is 16.1. The van der Waals surface area contributed by atoms with E-state index in [9.17, 15) is 8.42 Å². The smallest absolute Gasteiger partial charge is 0.182 e. The number of anilines is 2. The molecule has 0 spiro atoms. The summed E-state index contributed by atoms with van der Waals surface area (Å²) in [7, 11) is -3.47. The number of nitrogens with zero attached hydrogens (tertiary/aromatic N) is 4. The fraction of sp³-hybridized carbons (Fsp3) is 0.636. The van der Waals surface area contributed by atoms with E-state index in [2.05, 4.69) is 10.4 Å². The Morgan fingerprint density at radius 3 is 2.65 bits per heavy atom. The molecule has 9 heteroatoms. The third-order valence-electron chi connectivity index (χ3n) is 3.15. The molecule has 0 atom stereocenters. The topological polar surface area (TPSA) is 117 Å². The third-order valence-corrected chi connectivity index (χ3v) is 4.29. The van der Waals surface area contributed by atoms with Gasteiger partial charge in [-0.2, -0.15) is 10.4 Å². The number of aryl methyl sites for hydroxylation is 1. The molecule has 0 bridgehead atoms. The molecule has 1 aromatic rings. The maximum atomic E-state index is 12.0. The maximum absolute atomic E-state index is 12.0. The molecule has 0 aliphatic carbocycles. The second kappa shape index (κ2) is 5.68. The van der Waals surface area contributed by atoms with Crippen molar-refractivity contribution in [3.05, 3.63) is 0 Å². The van der Waals surface area contributed by atoms with Gasteiger partial charge in [0, 0.05) is 32.4 Å². The van der Waals surface area contributed by atoms with E-state index in [1.165, 1.54) is 4.68 Å². The SMILES string of the molecule is CS(=O)(=O)c1c(N2CCNCC2)nn(CCC#N)c1N. The Morgan fingerprint density at radius 2 is 2.10 bits per heavy atom. The summed E-state index contributed by atoms with van der Waals surface area (Å²) in [5.41, 5.74) is 5.91. The zero-order chi connectivity index (χ0) is 14.8. The summed E-state index contributed by atoms with van der Waals surface area (Å²) in [5.74, 6) is 0.501. The first-order valence-electron chi connectivity index (χ1n) is 6.34. The summed E-state index contributed by atoms with van der Waals surface area (Å²) in [6, 6.07) is 2.00. The van der Waals surface area contributed by atoms with Crippen LogP contribution in [0.1, 0.15) is 6.42 Å². The average molecular weight is 298 g/mol. The highest BCUT2D eigenvalue weighted by Gasteiger charge is 2.28. The van der Waals surface area contributed by atoms with Crippen LogP contribution in [0.4, 0.5) is 11.6 Å². The number of piperazine rings is 1. The lowest BCUT2D eigenvalue weighted by atomic mass is 10.3. The highest BCUT2D eigenvalue weighted by atomic mass is 32.2. The number of nitrogens with two attached hydrogens (primary N) is 1. The normalized spacial score (nSPS) is 16.1. The molecule has 2 rings (SSSR count). The van der Waals surface area contributed by atoms with Crippen molar-refractivity contribution >= 4 is 21.5 Å². The minimum Gasteiger partial charge on any atom is -0.383 e. The van der Waals surface area contributed by atoms with Crippen LogP contribution in [0, 0.1) is 11.3 Å². The van der Waals surface area contributed by atoms with Gasteiger partial charge in [-0.3, -0.25) is 0 Å². The van der Waals surface area contributed by atoms with E-state index in [0.717, 1.165) is 19.3 Å². The van der Waals surface area contributed by atoms with Crippen molar-refractivity contribution in [2.75, 3.05) is 43.1 Å². The minimum atomic E-state index is -3.47. The Kier molecular flexibility index (Phi) is 4.15. The van der Waals surface area contributed by atoms with Crippen LogP contribution in [-0.4, -0.2) is 50.6 Å². The maximum Gasteiger partial charge on any atom is 0.182 e. The number of rotatable bonds is 4. The van der Waals surface area contributed by atoms with Crippen LogP contribution in [0.5, 0.6) is 0 Å². The summed E-state index contributed by atoms with van der Waals surface area (Å²) in [6.07, 6.45) is 1.36. The van der Waals surface area contributed by atoms with E-state index in [0.29, 0.717) is 18.9 Å². The van der Waals surface area contributed by atoms with Crippen molar-refractivity contribution in [2.24, 2.45) is 0 Å². The van der Waals surface area contributed by atoms with E-state index in [1.54, 1.807) is 0 Å². The predicted octanol–water partition coefficient (Wildman–Crippen LogP) is -0.808. The van der Waals surface area contributed by atoms with Crippen molar-refractivity contribution in [1.82, 2.24) is 15.1 Å². The van der Waals surface area contributed by atoms with Crippen molar-refractivity contribution in [2.45, 2.75) is 17.9 Å². The molecule has 3 N–H and O–H groups in total. The number of aromatic nitrogens is 2. The molecular weight excluding hydrogens is 280 g/mol. The van der Waals surface area contributed by atoms with Crippen molar-refractivity contribution < 1.29 is 8.42 Å². The molecule has 0 aromatic carbocycles. The lowest BCUT2D eigenvalue weighted by Crippen LogP contribution is -2.44. The van der Waals surface area contributed by atoms with Crippen LogP contribution in [0.25, 0.3) is 0 Å². The van der Waals surface area contributed by atoms with Crippen molar-refractivity contribution in [1.29, 1.82) is 5.26 Å². The molecule has 2 heterocycles. The first-order chi connectivity index (χ1) is 9.45. The van der Waals surface area contributed by atoms with E-state index in [-0.39, 0.29) is 23.7 Å². The highest BCUT2D eigenvalue weighted by molar-refractivity contribution is 7.91. The fourth-order valence-corrected chi connectivity index (χ4v) is 3.20. The monoisotopic (exact) mass is 298 g/mol. The van der Waals surface area contributed by atoms with Gasteiger partial charge in [-0.15, -0.1) is 0 Å². The molecule has 1 saturated heterocycles. The van der Waals surface area contributed by atoms with Crippen LogP contribution < -0.4 is 16.0 Å². The number of nitrogen functional groups attached to an aromatic ring is 1. The number of nitriles is 1. The van der Waals surface area contributed by atoms with Gasteiger partial charge in [0.2, 0.25) is 0 Å². The van der Waals surface area contributed by atoms with Crippen LogP contribution >= 0.6 is 0 Å². The quantitative estimate of drug-likeness (QED) is 0.746. The first-order valence-corrected chi connectivity index (χ1v) is 8.23. The standard InChI is InChI=1S/C11H18N6O2S/c1-20(18,19)9-10(13)17(6-2-3-12)15-11(9)16-7-4-14-5-8-16/h14H,2,4-8,13H2,1H3. The van der Waals surface area contributed by atoms with E-state index in [1.807, 2.05) is 11.0 Å². The summed E-state index contributed by atoms with van der Waals surface area (Å²) in [4.78, 5) is 1.98. The summed E-state index contributed by atoms with van der Waals surface area (Å²) in [6.45, 7) is 3.19. The van der Waals surface area contributed by atoms with Crippen LogP contribution in [0.15, 0.2) is 4.90 Å². The van der Waals surface area contributed by atoms with Crippen LogP contribution in [-0.2, 0) is 16.4 Å². The Labute approximate surface area is 118 Å². The van der Waals surface area contributed by atoms with E-state index >= 15 is 0 Å². The number of nitrogens with one attached hydrogen (secondary N) is 1. The average Bonchev–Trinajstić information content (AvgIpc) is 2.74. The zero-order valence-corrected chi connectivity index (χ0v) is 12.2. The van der Waals surface area contributed by atoms with Gasteiger partial charge in [0.05, 0.1) is 19.0 Å². The Bertz CT molecular complexity index is 624. The second-order valence-electron chi connectivity index (χ2n) is 4.68. The molecule has 0 saturated carbocycles. The Balaban J connectivity index is 2.45. The van der Waals surface area contributed by atoms with Gasteiger partial charge in [-0.05, 0) is 0 Å². The van der Waals surface area contributed by atoms with Crippen LogP contribution in [0.3, 0.4) is 0 Å². The molecule has 1 aliphatic rings. The lowest BCUT2D eigenvalue weighted by Gasteiger charge is -2.27. The highest BCUT2D eigenvalue weighted by Crippen LogP contribution is 2.30. The number of hydrogen-bond donors (Lipinski definition) is 2. The molecule has 8 nitrogen and oxygen atoms in total. The molecule has 0 radical (unpaired) electrons. The minimum absolute atomic E-state index is 0.0670. The molecule has 0 amide bonds. The second-order valence-corrected chi connectivity index (χ2v) is 6.63. The predicted molar refractivity (Wildman–Crippen MR) is 75.1 cm³/mol. The zero-order valence-electron chi connectivity index (χ0n) is 11.3. The molecule has 110 valence electrons. The Morgan fingerprint density at radius 1 is 1.45 bits per heavy atom. The summed E-state index contributed by atoms with van der Waals surface area (Å²) >= 11 is 0. The largest absolute Gasteiger partial charge is 0.383 e. The van der Waals surface area contributed by atoms with Crippen LogP contribution in [0.2, 0.25) is 0 Å². The fourth-order valence-electron chi connectivity index (χ4n) is 2.21. The van der Waals surface area contributed by atoms with Gasteiger partial charge in [-0.1, -0.05) is 0 Å². The molecule has 0 unspecified atom stereocenters. The Hall–Kier alpha value is -1.79. The van der Waals surface area contributed by atoms with Crippen molar-refractivity contribution in [3.63, 3.8) is 0 Å². The number of hydrogen-bond acceptors (Lipinski definition) is 7. The van der Waals surface area contributed by atoms with Gasteiger partial charge >= 0.3 is 0 Å². The first kappa shape index (κ1) is 14.6. The van der Waals surface area contributed by atoms with E-state index in [4.69, 9.17) is 11.0 Å².